The second-order valence-corrected chi connectivity index (χ2v) is 4.15. The van der Waals surface area contributed by atoms with Crippen LogP contribution in [0.15, 0.2) is 24.4 Å². The van der Waals surface area contributed by atoms with Crippen molar-refractivity contribution in [3.05, 3.63) is 35.7 Å². The van der Waals surface area contributed by atoms with Crippen LogP contribution in [0.4, 0.5) is 17.6 Å². The van der Waals surface area contributed by atoms with Crippen molar-refractivity contribution in [3.63, 3.8) is 0 Å². The fraction of sp³-hybridized carbons (Fsp3) is 0.308. The van der Waals surface area contributed by atoms with Crippen LogP contribution in [0, 0.1) is 6.92 Å². The molecule has 2 rings (SSSR count). The summed E-state index contributed by atoms with van der Waals surface area (Å²) in [6.07, 6.45) is 1.78. The molecule has 0 atom stereocenters. The molecular formula is C13H18N6. The van der Waals surface area contributed by atoms with Crippen LogP contribution in [-0.4, -0.2) is 21.5 Å². The number of aryl methyl sites for hydroxylation is 1. The second kappa shape index (κ2) is 5.99. The minimum Gasteiger partial charge on any atom is -0.370 e. The second-order valence-electron chi connectivity index (χ2n) is 4.15. The van der Waals surface area contributed by atoms with Crippen molar-refractivity contribution in [3.8, 4) is 0 Å². The van der Waals surface area contributed by atoms with E-state index in [0.717, 1.165) is 23.6 Å². The molecule has 2 heterocycles. The first kappa shape index (κ1) is 13.1. The maximum atomic E-state index is 5.67. The summed E-state index contributed by atoms with van der Waals surface area (Å²) in [5.41, 5.74) is 7.80. The van der Waals surface area contributed by atoms with Crippen molar-refractivity contribution in [1.82, 2.24) is 15.0 Å². The lowest BCUT2D eigenvalue weighted by atomic mass is 10.2. The highest BCUT2D eigenvalue weighted by molar-refractivity contribution is 5.51. The van der Waals surface area contributed by atoms with E-state index in [9.17, 15) is 0 Å². The first-order chi connectivity index (χ1) is 9.19. The number of anilines is 3. The largest absolute Gasteiger partial charge is 0.370 e. The van der Waals surface area contributed by atoms with Crippen LogP contribution in [0.2, 0.25) is 0 Å². The zero-order valence-electron chi connectivity index (χ0n) is 11.1. The predicted molar refractivity (Wildman–Crippen MR) is 76.9 cm³/mol. The van der Waals surface area contributed by atoms with Crippen molar-refractivity contribution in [2.24, 2.45) is 0 Å². The molecule has 0 aromatic carbocycles. The number of aromatic nitrogens is 3. The molecule has 2 aromatic heterocycles. The number of nitrogens with two attached hydrogens (primary N) is 1. The van der Waals surface area contributed by atoms with Crippen LogP contribution in [-0.2, 0) is 6.54 Å². The molecule has 0 unspecified atom stereocenters. The minimum absolute atomic E-state index is 0.249. The van der Waals surface area contributed by atoms with Gasteiger partial charge in [0.25, 0.3) is 0 Å². The van der Waals surface area contributed by atoms with Gasteiger partial charge in [0, 0.05) is 18.8 Å². The Hall–Kier alpha value is -2.37. The molecule has 0 aliphatic carbocycles. The third kappa shape index (κ3) is 3.54. The molecule has 0 bridgehead atoms. The fourth-order valence-electron chi connectivity index (χ4n) is 1.71. The smallest absolute Gasteiger partial charge is 0.223 e. The molecule has 100 valence electrons. The summed E-state index contributed by atoms with van der Waals surface area (Å²) >= 11 is 0. The van der Waals surface area contributed by atoms with E-state index in [0.29, 0.717) is 12.4 Å². The van der Waals surface area contributed by atoms with Gasteiger partial charge in [-0.05, 0) is 25.5 Å². The highest BCUT2D eigenvalue weighted by atomic mass is 15.1. The average molecular weight is 258 g/mol. The molecule has 2 aromatic rings. The van der Waals surface area contributed by atoms with E-state index in [1.165, 1.54) is 0 Å². The van der Waals surface area contributed by atoms with Gasteiger partial charge in [0.05, 0.1) is 12.2 Å². The lowest BCUT2D eigenvalue weighted by molar-refractivity contribution is 0.999. The van der Waals surface area contributed by atoms with Gasteiger partial charge < -0.3 is 16.4 Å². The third-order valence-corrected chi connectivity index (χ3v) is 2.66. The summed E-state index contributed by atoms with van der Waals surface area (Å²) < 4.78 is 0. The van der Waals surface area contributed by atoms with Crippen LogP contribution in [0.1, 0.15) is 18.2 Å². The van der Waals surface area contributed by atoms with Gasteiger partial charge in [-0.3, -0.25) is 4.98 Å². The molecule has 6 nitrogen and oxygen atoms in total. The number of rotatable bonds is 5. The Bertz CT molecular complexity index is 555. The minimum atomic E-state index is 0.249. The highest BCUT2D eigenvalue weighted by Crippen LogP contribution is 2.13. The number of nitrogens with one attached hydrogen (secondary N) is 2. The summed E-state index contributed by atoms with van der Waals surface area (Å²) in [5.74, 6) is 1.66. The van der Waals surface area contributed by atoms with Crippen molar-refractivity contribution in [1.29, 1.82) is 0 Å². The monoisotopic (exact) mass is 258 g/mol. The average Bonchev–Trinajstić information content (AvgIpc) is 2.37. The Morgan fingerprint density at radius 1 is 1.21 bits per heavy atom. The number of hydrogen-bond donors (Lipinski definition) is 3. The van der Waals surface area contributed by atoms with Gasteiger partial charge in [-0.2, -0.15) is 9.97 Å². The van der Waals surface area contributed by atoms with E-state index in [1.54, 1.807) is 6.20 Å². The van der Waals surface area contributed by atoms with Crippen molar-refractivity contribution in [2.45, 2.75) is 20.4 Å². The van der Waals surface area contributed by atoms with E-state index in [4.69, 9.17) is 5.73 Å². The zero-order valence-corrected chi connectivity index (χ0v) is 11.1. The summed E-state index contributed by atoms with van der Waals surface area (Å²) in [7, 11) is 0. The molecule has 19 heavy (non-hydrogen) atoms. The van der Waals surface area contributed by atoms with Crippen molar-refractivity contribution >= 4 is 17.6 Å². The van der Waals surface area contributed by atoms with Gasteiger partial charge in [-0.25, -0.2) is 0 Å². The Balaban J connectivity index is 2.09. The molecule has 0 saturated carbocycles. The Labute approximate surface area is 112 Å². The standard InChI is InChI=1S/C13H18N6/c1-3-15-11-7-12(19-13(14)18-11)17-8-10-9(2)5-4-6-16-10/h4-7H,3,8H2,1-2H3,(H4,14,15,17,18,19). The fourth-order valence-corrected chi connectivity index (χ4v) is 1.71. The molecule has 0 aliphatic rings. The van der Waals surface area contributed by atoms with E-state index in [-0.39, 0.29) is 5.95 Å². The lowest BCUT2D eigenvalue weighted by Crippen LogP contribution is -2.09. The molecule has 0 aliphatic heterocycles. The van der Waals surface area contributed by atoms with Crippen molar-refractivity contribution < 1.29 is 0 Å². The van der Waals surface area contributed by atoms with Crippen LogP contribution in [0.25, 0.3) is 0 Å². The molecule has 6 heteroatoms. The molecule has 0 amide bonds. The lowest BCUT2D eigenvalue weighted by Gasteiger charge is -2.09. The van der Waals surface area contributed by atoms with Crippen LogP contribution in [0.3, 0.4) is 0 Å². The topological polar surface area (TPSA) is 88.8 Å². The van der Waals surface area contributed by atoms with E-state index in [2.05, 4.69) is 25.6 Å². The molecular weight excluding hydrogens is 240 g/mol. The third-order valence-electron chi connectivity index (χ3n) is 2.66. The first-order valence-electron chi connectivity index (χ1n) is 6.22. The Morgan fingerprint density at radius 2 is 1.95 bits per heavy atom. The maximum absolute atomic E-state index is 5.67. The normalized spacial score (nSPS) is 10.2. The molecule has 0 saturated heterocycles. The molecule has 0 fully saturated rings. The Kier molecular flexibility index (Phi) is 4.12. The van der Waals surface area contributed by atoms with Gasteiger partial charge in [-0.15, -0.1) is 0 Å². The van der Waals surface area contributed by atoms with Gasteiger partial charge in [0.1, 0.15) is 11.6 Å². The number of hydrogen-bond acceptors (Lipinski definition) is 6. The Morgan fingerprint density at radius 3 is 2.63 bits per heavy atom. The summed E-state index contributed by atoms with van der Waals surface area (Å²) in [5, 5.41) is 6.32. The van der Waals surface area contributed by atoms with E-state index < -0.39 is 0 Å². The maximum Gasteiger partial charge on any atom is 0.223 e. The van der Waals surface area contributed by atoms with Crippen LogP contribution in [0.5, 0.6) is 0 Å². The number of nitrogen functional groups attached to an aromatic ring is 1. The number of nitrogens with zero attached hydrogens (tertiary/aromatic N) is 3. The van der Waals surface area contributed by atoms with Gasteiger partial charge in [0.2, 0.25) is 5.95 Å². The number of pyridine rings is 1. The summed E-state index contributed by atoms with van der Waals surface area (Å²) in [6.45, 7) is 5.43. The van der Waals surface area contributed by atoms with E-state index >= 15 is 0 Å². The van der Waals surface area contributed by atoms with Crippen LogP contribution >= 0.6 is 0 Å². The molecule has 0 radical (unpaired) electrons. The van der Waals surface area contributed by atoms with Gasteiger partial charge in [0.15, 0.2) is 0 Å². The first-order valence-corrected chi connectivity index (χ1v) is 6.22. The predicted octanol–water partition coefficient (Wildman–Crippen LogP) is 1.81. The molecule has 0 spiro atoms. The zero-order chi connectivity index (χ0) is 13.7. The summed E-state index contributed by atoms with van der Waals surface area (Å²) in [4.78, 5) is 12.6. The van der Waals surface area contributed by atoms with Gasteiger partial charge >= 0.3 is 0 Å². The van der Waals surface area contributed by atoms with E-state index in [1.807, 2.05) is 32.0 Å². The van der Waals surface area contributed by atoms with Gasteiger partial charge in [-0.1, -0.05) is 6.07 Å². The highest BCUT2D eigenvalue weighted by Gasteiger charge is 2.03. The quantitative estimate of drug-likeness (QED) is 0.758. The van der Waals surface area contributed by atoms with Crippen molar-refractivity contribution in [2.75, 3.05) is 22.9 Å². The molecule has 4 N–H and O–H groups in total. The SMILES string of the molecule is CCNc1cc(NCc2ncccc2C)nc(N)n1. The summed E-state index contributed by atoms with van der Waals surface area (Å²) in [6, 6.07) is 5.78. The van der Waals surface area contributed by atoms with Crippen LogP contribution < -0.4 is 16.4 Å².